The molecule has 104 valence electrons. The van der Waals surface area contributed by atoms with Crippen molar-refractivity contribution in [1.82, 2.24) is 15.4 Å². The number of rotatable bonds is 2. The summed E-state index contributed by atoms with van der Waals surface area (Å²) in [4.78, 5) is 14.2. The maximum Gasteiger partial charge on any atom is 0.292 e. The molecule has 2 aromatic rings. The summed E-state index contributed by atoms with van der Waals surface area (Å²) in [5.74, 6) is 0.231. The second-order valence-electron chi connectivity index (χ2n) is 4.84. The van der Waals surface area contributed by atoms with Crippen molar-refractivity contribution in [2.45, 2.75) is 6.42 Å². The fourth-order valence-corrected chi connectivity index (χ4v) is 2.33. The first-order valence-corrected chi connectivity index (χ1v) is 6.87. The Morgan fingerprint density at radius 3 is 2.90 bits per heavy atom. The van der Waals surface area contributed by atoms with Gasteiger partial charge in [0.2, 0.25) is 5.76 Å². The molecule has 1 aromatic carbocycles. The van der Waals surface area contributed by atoms with E-state index in [0.717, 1.165) is 31.6 Å². The van der Waals surface area contributed by atoms with E-state index in [1.165, 1.54) is 0 Å². The molecule has 1 saturated heterocycles. The van der Waals surface area contributed by atoms with E-state index in [-0.39, 0.29) is 5.91 Å². The van der Waals surface area contributed by atoms with E-state index in [1.807, 2.05) is 35.2 Å². The zero-order valence-electron chi connectivity index (χ0n) is 11.2. The Morgan fingerprint density at radius 1 is 1.20 bits per heavy atom. The van der Waals surface area contributed by atoms with Crippen molar-refractivity contribution in [2.75, 3.05) is 26.2 Å². The average molecular weight is 271 g/mol. The third-order valence-electron chi connectivity index (χ3n) is 3.42. The Kier molecular flexibility index (Phi) is 3.78. The van der Waals surface area contributed by atoms with E-state index in [9.17, 15) is 4.79 Å². The van der Waals surface area contributed by atoms with E-state index < -0.39 is 0 Å². The smallest absolute Gasteiger partial charge is 0.292 e. The molecule has 1 aliphatic rings. The van der Waals surface area contributed by atoms with Crippen LogP contribution in [-0.4, -0.2) is 42.1 Å². The summed E-state index contributed by atoms with van der Waals surface area (Å²) >= 11 is 0. The van der Waals surface area contributed by atoms with Crippen LogP contribution in [0.5, 0.6) is 0 Å². The number of aromatic nitrogens is 1. The third kappa shape index (κ3) is 2.72. The van der Waals surface area contributed by atoms with Gasteiger partial charge >= 0.3 is 0 Å². The monoisotopic (exact) mass is 271 g/mol. The van der Waals surface area contributed by atoms with Crippen LogP contribution in [0, 0.1) is 0 Å². The van der Waals surface area contributed by atoms with Crippen LogP contribution < -0.4 is 5.32 Å². The van der Waals surface area contributed by atoms with Crippen molar-refractivity contribution in [2.24, 2.45) is 0 Å². The quantitative estimate of drug-likeness (QED) is 0.904. The average Bonchev–Trinajstić information content (AvgIpc) is 2.83. The predicted molar refractivity (Wildman–Crippen MR) is 75.3 cm³/mol. The van der Waals surface area contributed by atoms with Crippen LogP contribution in [0.25, 0.3) is 11.3 Å². The van der Waals surface area contributed by atoms with Crippen molar-refractivity contribution in [3.8, 4) is 11.3 Å². The normalized spacial score (nSPS) is 15.9. The molecule has 1 N–H and O–H groups in total. The van der Waals surface area contributed by atoms with Gasteiger partial charge in [-0.3, -0.25) is 4.79 Å². The van der Waals surface area contributed by atoms with E-state index >= 15 is 0 Å². The second-order valence-corrected chi connectivity index (χ2v) is 4.84. The van der Waals surface area contributed by atoms with Crippen molar-refractivity contribution in [1.29, 1.82) is 0 Å². The summed E-state index contributed by atoms with van der Waals surface area (Å²) in [5.41, 5.74) is 1.65. The highest BCUT2D eigenvalue weighted by Gasteiger charge is 2.21. The molecule has 1 aliphatic heterocycles. The van der Waals surface area contributed by atoms with Gasteiger partial charge in [-0.05, 0) is 13.0 Å². The fourth-order valence-electron chi connectivity index (χ4n) is 2.33. The van der Waals surface area contributed by atoms with Crippen molar-refractivity contribution < 1.29 is 9.32 Å². The van der Waals surface area contributed by atoms with E-state index in [1.54, 1.807) is 6.07 Å². The van der Waals surface area contributed by atoms with E-state index in [0.29, 0.717) is 18.0 Å². The lowest BCUT2D eigenvalue weighted by atomic mass is 10.1. The largest absolute Gasteiger partial charge is 0.350 e. The van der Waals surface area contributed by atoms with Gasteiger partial charge in [-0.1, -0.05) is 35.5 Å². The number of nitrogens with zero attached hydrogens (tertiary/aromatic N) is 2. The lowest BCUT2D eigenvalue weighted by molar-refractivity contribution is 0.0724. The zero-order chi connectivity index (χ0) is 13.8. The topological polar surface area (TPSA) is 58.4 Å². The van der Waals surface area contributed by atoms with Gasteiger partial charge in [0.05, 0.1) is 0 Å². The number of carbonyl (C=O) groups is 1. The molecule has 1 amide bonds. The third-order valence-corrected chi connectivity index (χ3v) is 3.42. The molecule has 20 heavy (non-hydrogen) atoms. The Balaban J connectivity index is 1.77. The van der Waals surface area contributed by atoms with E-state index in [4.69, 9.17) is 4.52 Å². The molecule has 5 nitrogen and oxygen atoms in total. The lowest BCUT2D eigenvalue weighted by Gasteiger charge is -2.17. The molecule has 5 heteroatoms. The van der Waals surface area contributed by atoms with Gasteiger partial charge < -0.3 is 14.7 Å². The number of hydrogen-bond acceptors (Lipinski definition) is 4. The first-order chi connectivity index (χ1) is 9.84. The molecule has 3 rings (SSSR count). The number of benzene rings is 1. The molecule has 0 atom stereocenters. The lowest BCUT2D eigenvalue weighted by Crippen LogP contribution is -2.33. The van der Waals surface area contributed by atoms with Gasteiger partial charge in [-0.15, -0.1) is 0 Å². The van der Waals surface area contributed by atoms with Gasteiger partial charge in [0.15, 0.2) is 0 Å². The molecule has 0 saturated carbocycles. The van der Waals surface area contributed by atoms with Crippen LogP contribution in [-0.2, 0) is 0 Å². The standard InChI is InChI=1S/C15H17N3O2/c19-15(18-9-4-7-16-8-10-18)14-11-13(17-20-14)12-5-2-1-3-6-12/h1-3,5-6,11,16H,4,7-10H2. The van der Waals surface area contributed by atoms with Gasteiger partial charge in [0, 0.05) is 31.3 Å². The van der Waals surface area contributed by atoms with Crippen LogP contribution in [0.2, 0.25) is 0 Å². The zero-order valence-corrected chi connectivity index (χ0v) is 11.2. The molecule has 0 bridgehead atoms. The molecule has 1 fully saturated rings. The molecule has 0 aliphatic carbocycles. The van der Waals surface area contributed by atoms with Crippen LogP contribution in [0.4, 0.5) is 0 Å². The molecule has 0 radical (unpaired) electrons. The summed E-state index contributed by atoms with van der Waals surface area (Å²) in [6.45, 7) is 3.24. The highest BCUT2D eigenvalue weighted by Crippen LogP contribution is 2.19. The van der Waals surface area contributed by atoms with E-state index in [2.05, 4.69) is 10.5 Å². The van der Waals surface area contributed by atoms with Crippen LogP contribution >= 0.6 is 0 Å². The van der Waals surface area contributed by atoms with Crippen LogP contribution in [0.1, 0.15) is 17.0 Å². The minimum Gasteiger partial charge on any atom is -0.350 e. The molecule has 2 heterocycles. The SMILES string of the molecule is O=C(c1cc(-c2ccccc2)no1)N1CCCNCC1. The van der Waals surface area contributed by atoms with Gasteiger partial charge in [0.25, 0.3) is 5.91 Å². The first kappa shape index (κ1) is 12.9. The van der Waals surface area contributed by atoms with Crippen LogP contribution in [0.15, 0.2) is 40.9 Å². The van der Waals surface area contributed by atoms with Gasteiger partial charge in [-0.2, -0.15) is 0 Å². The minimum atomic E-state index is -0.0802. The fraction of sp³-hybridized carbons (Fsp3) is 0.333. The molecule has 1 aromatic heterocycles. The summed E-state index contributed by atoms with van der Waals surface area (Å²) in [6.07, 6.45) is 0.964. The van der Waals surface area contributed by atoms with Crippen LogP contribution in [0.3, 0.4) is 0 Å². The minimum absolute atomic E-state index is 0.0802. The van der Waals surface area contributed by atoms with Gasteiger partial charge in [0.1, 0.15) is 5.69 Å². The summed E-state index contributed by atoms with van der Waals surface area (Å²) in [6, 6.07) is 11.4. The predicted octanol–water partition coefficient (Wildman–Crippen LogP) is 1.78. The number of amides is 1. The van der Waals surface area contributed by atoms with Crippen molar-refractivity contribution in [3.63, 3.8) is 0 Å². The first-order valence-electron chi connectivity index (χ1n) is 6.87. The molecule has 0 unspecified atom stereocenters. The maximum atomic E-state index is 12.4. The summed E-state index contributed by atoms with van der Waals surface area (Å²) in [5, 5.41) is 7.26. The Labute approximate surface area is 117 Å². The summed E-state index contributed by atoms with van der Waals surface area (Å²) in [7, 11) is 0. The van der Waals surface area contributed by atoms with Crippen molar-refractivity contribution >= 4 is 5.91 Å². The number of hydrogen-bond donors (Lipinski definition) is 1. The molecular formula is C15H17N3O2. The number of carbonyl (C=O) groups excluding carboxylic acids is 1. The van der Waals surface area contributed by atoms with Gasteiger partial charge in [-0.25, -0.2) is 0 Å². The second kappa shape index (κ2) is 5.88. The van der Waals surface area contributed by atoms with Crippen molar-refractivity contribution in [3.05, 3.63) is 42.2 Å². The Morgan fingerprint density at radius 2 is 2.05 bits per heavy atom. The highest BCUT2D eigenvalue weighted by atomic mass is 16.5. The molecular weight excluding hydrogens is 254 g/mol. The highest BCUT2D eigenvalue weighted by molar-refractivity contribution is 5.92. The Bertz CT molecular complexity index is 572. The molecule has 0 spiro atoms. The summed E-state index contributed by atoms with van der Waals surface area (Å²) < 4.78 is 5.21. The maximum absolute atomic E-state index is 12.4. The Hall–Kier alpha value is -2.14. The number of nitrogens with one attached hydrogen (secondary N) is 1.